The molecule has 0 amide bonds. The van der Waals surface area contributed by atoms with Crippen LogP contribution < -0.4 is 4.90 Å². The van der Waals surface area contributed by atoms with Crippen molar-refractivity contribution in [2.75, 3.05) is 11.4 Å². The smallest absolute Gasteiger partial charge is 0.339 e. The number of aryl methyl sites for hydroxylation is 2. The Morgan fingerprint density at radius 1 is 1.50 bits per heavy atom. The van der Waals surface area contributed by atoms with Crippen molar-refractivity contribution < 1.29 is 9.90 Å². The minimum absolute atomic E-state index is 0.266. The van der Waals surface area contributed by atoms with Crippen LogP contribution in [0.5, 0.6) is 0 Å². The van der Waals surface area contributed by atoms with Gasteiger partial charge in [0, 0.05) is 25.8 Å². The summed E-state index contributed by atoms with van der Waals surface area (Å²) in [6.07, 6.45) is 3.62. The van der Waals surface area contributed by atoms with Gasteiger partial charge in [0.15, 0.2) is 5.65 Å². The molecule has 1 N–H and O–H groups in total. The van der Waals surface area contributed by atoms with E-state index in [1.807, 2.05) is 14.0 Å². The number of fused-ring (bicyclic) bond motifs is 1. The molecule has 0 aliphatic carbocycles. The first kappa shape index (κ1) is 12.9. The molecule has 3 heterocycles. The highest BCUT2D eigenvalue weighted by Gasteiger charge is 2.29. The van der Waals surface area contributed by atoms with E-state index in [0.717, 1.165) is 41.8 Å². The normalized spacial score (nSPS) is 18.9. The Morgan fingerprint density at radius 3 is 2.85 bits per heavy atom. The summed E-state index contributed by atoms with van der Waals surface area (Å²) in [6, 6.07) is 0.346. The van der Waals surface area contributed by atoms with E-state index in [-0.39, 0.29) is 5.56 Å². The number of carboxylic acid groups (broad SMARTS) is 1. The fourth-order valence-electron chi connectivity index (χ4n) is 3.11. The van der Waals surface area contributed by atoms with Gasteiger partial charge in [0.2, 0.25) is 0 Å². The number of rotatable bonds is 2. The highest BCUT2D eigenvalue weighted by atomic mass is 16.4. The fraction of sp³-hybridized carbons (Fsp3) is 0.500. The summed E-state index contributed by atoms with van der Waals surface area (Å²) in [5.74, 6) is -0.934. The van der Waals surface area contributed by atoms with Gasteiger partial charge in [0.05, 0.1) is 16.8 Å². The van der Waals surface area contributed by atoms with Crippen molar-refractivity contribution in [2.45, 2.75) is 32.7 Å². The third kappa shape index (κ3) is 1.75. The van der Waals surface area contributed by atoms with Crippen molar-refractivity contribution in [3.05, 3.63) is 17.5 Å². The number of pyridine rings is 1. The number of carbonyl (C=O) groups is 1. The van der Waals surface area contributed by atoms with E-state index in [1.54, 1.807) is 4.68 Å². The van der Waals surface area contributed by atoms with Gasteiger partial charge < -0.3 is 10.0 Å². The van der Waals surface area contributed by atoms with Crippen LogP contribution in [-0.4, -0.2) is 38.4 Å². The quantitative estimate of drug-likeness (QED) is 0.906. The Kier molecular flexibility index (Phi) is 2.88. The average Bonchev–Trinajstić information content (AvgIpc) is 2.93. The van der Waals surface area contributed by atoms with Gasteiger partial charge in [-0.15, -0.1) is 0 Å². The molecule has 2 aromatic heterocycles. The molecule has 3 rings (SSSR count). The molecule has 1 saturated heterocycles. The van der Waals surface area contributed by atoms with Gasteiger partial charge in [-0.25, -0.2) is 9.78 Å². The SMILES string of the molecule is Cc1nn(C)c2ncc(C(=O)O)c(N3CCCC3C)c12. The zero-order valence-electron chi connectivity index (χ0n) is 11.9. The van der Waals surface area contributed by atoms with Crippen molar-refractivity contribution in [2.24, 2.45) is 7.05 Å². The monoisotopic (exact) mass is 274 g/mol. The van der Waals surface area contributed by atoms with Crippen molar-refractivity contribution >= 4 is 22.7 Å². The standard InChI is InChI=1S/C14H18N4O2/c1-8-5-4-6-18(8)12-10(14(19)20)7-15-13-11(12)9(2)16-17(13)3/h7-8H,4-6H2,1-3H3,(H,19,20). The second-order valence-electron chi connectivity index (χ2n) is 5.42. The Morgan fingerprint density at radius 2 is 2.25 bits per heavy atom. The lowest BCUT2D eigenvalue weighted by Crippen LogP contribution is -2.28. The lowest BCUT2D eigenvalue weighted by molar-refractivity contribution is 0.0697. The zero-order chi connectivity index (χ0) is 14.4. The number of carboxylic acids is 1. The van der Waals surface area contributed by atoms with Crippen LogP contribution in [0.3, 0.4) is 0 Å². The molecule has 0 spiro atoms. The maximum absolute atomic E-state index is 11.6. The summed E-state index contributed by atoms with van der Waals surface area (Å²) in [6.45, 7) is 4.92. The van der Waals surface area contributed by atoms with Gasteiger partial charge in [-0.05, 0) is 26.7 Å². The van der Waals surface area contributed by atoms with E-state index < -0.39 is 5.97 Å². The van der Waals surface area contributed by atoms with E-state index in [9.17, 15) is 9.90 Å². The number of hydrogen-bond acceptors (Lipinski definition) is 4. The Balaban J connectivity index is 2.34. The van der Waals surface area contributed by atoms with Gasteiger partial charge in [0.1, 0.15) is 5.56 Å². The third-order valence-corrected chi connectivity index (χ3v) is 4.07. The van der Waals surface area contributed by atoms with Crippen LogP contribution in [0.2, 0.25) is 0 Å². The summed E-state index contributed by atoms with van der Waals surface area (Å²) in [5, 5.41) is 14.7. The Bertz CT molecular complexity index is 692. The summed E-state index contributed by atoms with van der Waals surface area (Å²) in [5.41, 5.74) is 2.61. The van der Waals surface area contributed by atoms with Gasteiger partial charge in [-0.1, -0.05) is 0 Å². The number of hydrogen-bond donors (Lipinski definition) is 1. The third-order valence-electron chi connectivity index (χ3n) is 4.07. The predicted molar refractivity (Wildman–Crippen MR) is 76.2 cm³/mol. The Labute approximate surface area is 117 Å². The van der Waals surface area contributed by atoms with Crippen LogP contribution in [0.15, 0.2) is 6.20 Å². The Hall–Kier alpha value is -2.11. The molecular weight excluding hydrogens is 256 g/mol. The largest absolute Gasteiger partial charge is 0.478 e. The summed E-state index contributed by atoms with van der Waals surface area (Å²) >= 11 is 0. The van der Waals surface area contributed by atoms with E-state index in [4.69, 9.17) is 0 Å². The van der Waals surface area contributed by atoms with E-state index >= 15 is 0 Å². The molecule has 2 aromatic rings. The van der Waals surface area contributed by atoms with E-state index in [1.165, 1.54) is 6.20 Å². The maximum atomic E-state index is 11.6. The molecule has 0 radical (unpaired) electrons. The van der Waals surface area contributed by atoms with Gasteiger partial charge in [-0.3, -0.25) is 4.68 Å². The van der Waals surface area contributed by atoms with E-state index in [2.05, 4.69) is 21.9 Å². The molecule has 20 heavy (non-hydrogen) atoms. The molecule has 106 valence electrons. The predicted octanol–water partition coefficient (Wildman–Crippen LogP) is 1.96. The fourth-order valence-corrected chi connectivity index (χ4v) is 3.11. The molecule has 0 bridgehead atoms. The van der Waals surface area contributed by atoms with Gasteiger partial charge >= 0.3 is 5.97 Å². The molecule has 1 aliphatic heterocycles. The van der Waals surface area contributed by atoms with Gasteiger partial charge in [0.25, 0.3) is 0 Å². The van der Waals surface area contributed by atoms with Crippen LogP contribution >= 0.6 is 0 Å². The molecule has 1 atom stereocenters. The average molecular weight is 274 g/mol. The summed E-state index contributed by atoms with van der Waals surface area (Å²) in [4.78, 5) is 18.0. The number of aromatic nitrogens is 3. The van der Waals surface area contributed by atoms with Gasteiger partial charge in [-0.2, -0.15) is 5.10 Å². The highest BCUT2D eigenvalue weighted by molar-refractivity contribution is 6.05. The van der Waals surface area contributed by atoms with Crippen LogP contribution in [-0.2, 0) is 7.05 Å². The van der Waals surface area contributed by atoms with Crippen LogP contribution in [0.25, 0.3) is 11.0 Å². The highest BCUT2D eigenvalue weighted by Crippen LogP contribution is 2.36. The second-order valence-corrected chi connectivity index (χ2v) is 5.42. The zero-order valence-corrected chi connectivity index (χ0v) is 11.9. The number of nitrogens with zero attached hydrogens (tertiary/aromatic N) is 4. The lowest BCUT2D eigenvalue weighted by atomic mass is 10.1. The molecule has 0 aromatic carbocycles. The van der Waals surface area contributed by atoms with Crippen molar-refractivity contribution in [1.82, 2.24) is 14.8 Å². The molecule has 1 fully saturated rings. The first-order valence-electron chi connectivity index (χ1n) is 6.83. The van der Waals surface area contributed by atoms with Crippen molar-refractivity contribution in [3.63, 3.8) is 0 Å². The van der Waals surface area contributed by atoms with E-state index in [0.29, 0.717) is 6.04 Å². The lowest BCUT2D eigenvalue weighted by Gasteiger charge is -2.26. The van der Waals surface area contributed by atoms with Crippen molar-refractivity contribution in [3.8, 4) is 0 Å². The molecule has 6 nitrogen and oxygen atoms in total. The van der Waals surface area contributed by atoms with Crippen molar-refractivity contribution in [1.29, 1.82) is 0 Å². The summed E-state index contributed by atoms with van der Waals surface area (Å²) < 4.78 is 1.71. The molecule has 0 saturated carbocycles. The first-order valence-corrected chi connectivity index (χ1v) is 6.83. The topological polar surface area (TPSA) is 71.2 Å². The minimum atomic E-state index is -0.934. The van der Waals surface area contributed by atoms with Crippen LogP contribution in [0, 0.1) is 6.92 Å². The summed E-state index contributed by atoms with van der Waals surface area (Å²) in [7, 11) is 1.83. The van der Waals surface area contributed by atoms with Crippen LogP contribution in [0.1, 0.15) is 35.8 Å². The molecular formula is C14H18N4O2. The maximum Gasteiger partial charge on any atom is 0.339 e. The second kappa shape index (κ2) is 4.47. The number of anilines is 1. The molecule has 1 aliphatic rings. The number of aromatic carboxylic acids is 1. The first-order chi connectivity index (χ1) is 9.50. The molecule has 1 unspecified atom stereocenters. The van der Waals surface area contributed by atoms with Crippen LogP contribution in [0.4, 0.5) is 5.69 Å². The molecule has 6 heteroatoms. The minimum Gasteiger partial charge on any atom is -0.478 e.